The monoisotopic (exact) mass is 427 g/mol. The van der Waals surface area contributed by atoms with Crippen LogP contribution in [0.2, 0.25) is 5.02 Å². The fraction of sp³-hybridized carbons (Fsp3) is 0.316. The minimum Gasteiger partial charge on any atom is -0.496 e. The summed E-state index contributed by atoms with van der Waals surface area (Å²) in [7, 11) is -1.12. The van der Waals surface area contributed by atoms with Gasteiger partial charge in [-0.05, 0) is 55.8 Å². The molecule has 0 amide bonds. The van der Waals surface area contributed by atoms with Gasteiger partial charge in [-0.2, -0.15) is 0 Å². The molecule has 28 heavy (non-hydrogen) atoms. The van der Waals surface area contributed by atoms with Crippen molar-refractivity contribution in [3.8, 4) is 11.5 Å². The van der Waals surface area contributed by atoms with Crippen LogP contribution in [0.4, 0.5) is 5.69 Å². The van der Waals surface area contributed by atoms with Crippen molar-refractivity contribution >= 4 is 33.3 Å². The SMILES string of the molecule is CCOC(=O)CN(c1ccc(OC)c(Cl)c1)S(=O)(=O)c1ccc(OC)c(C)c1. The number of halogens is 1. The molecule has 2 aromatic carbocycles. The number of rotatable bonds is 8. The Balaban J connectivity index is 2.55. The number of nitrogens with zero attached hydrogens (tertiary/aromatic N) is 1. The molecule has 0 unspecified atom stereocenters. The molecule has 0 bridgehead atoms. The van der Waals surface area contributed by atoms with Gasteiger partial charge in [0, 0.05) is 0 Å². The number of hydrogen-bond donors (Lipinski definition) is 0. The molecular weight excluding hydrogens is 406 g/mol. The molecule has 0 aliphatic carbocycles. The van der Waals surface area contributed by atoms with Gasteiger partial charge in [-0.1, -0.05) is 11.6 Å². The van der Waals surface area contributed by atoms with Crippen molar-refractivity contribution in [2.75, 3.05) is 31.7 Å². The molecule has 9 heteroatoms. The predicted octanol–water partition coefficient (Wildman–Crippen LogP) is 3.42. The zero-order chi connectivity index (χ0) is 20.9. The van der Waals surface area contributed by atoms with Crippen molar-refractivity contribution in [1.82, 2.24) is 0 Å². The topological polar surface area (TPSA) is 82.1 Å². The molecule has 0 heterocycles. The van der Waals surface area contributed by atoms with Crippen LogP contribution in [0.25, 0.3) is 0 Å². The Labute approximate surface area is 169 Å². The summed E-state index contributed by atoms with van der Waals surface area (Å²) in [6.07, 6.45) is 0. The van der Waals surface area contributed by atoms with E-state index in [2.05, 4.69) is 0 Å². The fourth-order valence-electron chi connectivity index (χ4n) is 2.59. The molecule has 0 fully saturated rings. The van der Waals surface area contributed by atoms with Crippen LogP contribution in [-0.2, 0) is 19.6 Å². The molecular formula is C19H22ClNO6S. The maximum atomic E-state index is 13.3. The van der Waals surface area contributed by atoms with Gasteiger partial charge in [-0.25, -0.2) is 8.42 Å². The average Bonchev–Trinajstić information content (AvgIpc) is 2.66. The van der Waals surface area contributed by atoms with Gasteiger partial charge in [0.05, 0.1) is 36.4 Å². The third-order valence-corrected chi connectivity index (χ3v) is 6.02. The van der Waals surface area contributed by atoms with Crippen LogP contribution in [0.3, 0.4) is 0 Å². The smallest absolute Gasteiger partial charge is 0.326 e. The summed E-state index contributed by atoms with van der Waals surface area (Å²) in [6, 6.07) is 8.93. The maximum absolute atomic E-state index is 13.3. The van der Waals surface area contributed by atoms with Crippen LogP contribution >= 0.6 is 11.6 Å². The van der Waals surface area contributed by atoms with E-state index < -0.39 is 22.5 Å². The average molecular weight is 428 g/mol. The normalized spacial score (nSPS) is 11.0. The number of ether oxygens (including phenoxy) is 3. The zero-order valence-corrected chi connectivity index (χ0v) is 17.6. The van der Waals surface area contributed by atoms with E-state index in [1.165, 1.54) is 44.6 Å². The molecule has 7 nitrogen and oxygen atoms in total. The van der Waals surface area contributed by atoms with E-state index in [9.17, 15) is 13.2 Å². The molecule has 0 N–H and O–H groups in total. The van der Waals surface area contributed by atoms with Gasteiger partial charge in [0.2, 0.25) is 0 Å². The fourth-order valence-corrected chi connectivity index (χ4v) is 4.33. The van der Waals surface area contributed by atoms with Crippen LogP contribution in [0.1, 0.15) is 12.5 Å². The first kappa shape index (κ1) is 21.8. The van der Waals surface area contributed by atoms with Crippen molar-refractivity contribution in [1.29, 1.82) is 0 Å². The summed E-state index contributed by atoms with van der Waals surface area (Å²) in [6.45, 7) is 3.02. The summed E-state index contributed by atoms with van der Waals surface area (Å²) in [5.41, 5.74) is 0.861. The lowest BCUT2D eigenvalue weighted by molar-refractivity contribution is -0.141. The largest absolute Gasteiger partial charge is 0.496 e. The highest BCUT2D eigenvalue weighted by molar-refractivity contribution is 7.92. The van der Waals surface area contributed by atoms with E-state index in [0.717, 1.165) is 4.31 Å². The van der Waals surface area contributed by atoms with E-state index >= 15 is 0 Å². The first-order valence-electron chi connectivity index (χ1n) is 8.41. The minimum absolute atomic E-state index is 0.0158. The van der Waals surface area contributed by atoms with E-state index in [-0.39, 0.29) is 22.2 Å². The Morgan fingerprint density at radius 2 is 1.71 bits per heavy atom. The molecule has 0 atom stereocenters. The first-order chi connectivity index (χ1) is 13.2. The number of aryl methyl sites for hydroxylation is 1. The molecule has 0 saturated heterocycles. The van der Waals surface area contributed by atoms with E-state index in [4.69, 9.17) is 25.8 Å². The van der Waals surface area contributed by atoms with Gasteiger partial charge >= 0.3 is 5.97 Å². The van der Waals surface area contributed by atoms with Crippen molar-refractivity contribution in [2.24, 2.45) is 0 Å². The summed E-state index contributed by atoms with van der Waals surface area (Å²) in [4.78, 5) is 12.1. The second-order valence-corrected chi connectivity index (χ2v) is 8.04. The van der Waals surface area contributed by atoms with Gasteiger partial charge in [0.25, 0.3) is 10.0 Å². The van der Waals surface area contributed by atoms with E-state index in [0.29, 0.717) is 17.1 Å². The molecule has 0 spiro atoms. The molecule has 0 aliphatic heterocycles. The number of benzene rings is 2. The van der Waals surface area contributed by atoms with Gasteiger partial charge < -0.3 is 14.2 Å². The molecule has 152 valence electrons. The highest BCUT2D eigenvalue weighted by atomic mass is 35.5. The zero-order valence-electron chi connectivity index (χ0n) is 16.1. The Hall–Kier alpha value is -2.45. The third kappa shape index (κ3) is 4.69. The lowest BCUT2D eigenvalue weighted by Crippen LogP contribution is -2.36. The Kier molecular flexibility index (Phi) is 7.15. The lowest BCUT2D eigenvalue weighted by atomic mass is 10.2. The number of hydrogen-bond acceptors (Lipinski definition) is 6. The second kappa shape index (κ2) is 9.16. The van der Waals surface area contributed by atoms with Crippen molar-refractivity contribution < 1.29 is 27.4 Å². The number of anilines is 1. The van der Waals surface area contributed by atoms with Gasteiger partial charge in [-0.15, -0.1) is 0 Å². The van der Waals surface area contributed by atoms with E-state index in [1.54, 1.807) is 19.9 Å². The van der Waals surface area contributed by atoms with Crippen molar-refractivity contribution in [2.45, 2.75) is 18.7 Å². The van der Waals surface area contributed by atoms with Gasteiger partial charge in [-0.3, -0.25) is 9.10 Å². The van der Waals surface area contributed by atoms with Crippen LogP contribution in [0.5, 0.6) is 11.5 Å². The predicted molar refractivity (Wildman–Crippen MR) is 107 cm³/mol. The van der Waals surface area contributed by atoms with Gasteiger partial charge in [0.15, 0.2) is 0 Å². The molecule has 2 aromatic rings. The maximum Gasteiger partial charge on any atom is 0.326 e. The van der Waals surface area contributed by atoms with Crippen LogP contribution in [0.15, 0.2) is 41.3 Å². The number of methoxy groups -OCH3 is 2. The molecule has 0 aromatic heterocycles. The van der Waals surface area contributed by atoms with Crippen molar-refractivity contribution in [3.63, 3.8) is 0 Å². The van der Waals surface area contributed by atoms with E-state index in [1.807, 2.05) is 0 Å². The first-order valence-corrected chi connectivity index (χ1v) is 10.2. The molecule has 0 radical (unpaired) electrons. The van der Waals surface area contributed by atoms with Crippen molar-refractivity contribution in [3.05, 3.63) is 47.0 Å². The van der Waals surface area contributed by atoms with Gasteiger partial charge in [0.1, 0.15) is 18.0 Å². The number of carbonyl (C=O) groups is 1. The van der Waals surface area contributed by atoms with Crippen LogP contribution in [-0.4, -0.2) is 41.8 Å². The van der Waals surface area contributed by atoms with Crippen LogP contribution < -0.4 is 13.8 Å². The summed E-state index contributed by atoms with van der Waals surface area (Å²) < 4.78 is 42.8. The Bertz CT molecular complexity index is 961. The Morgan fingerprint density at radius 1 is 1.07 bits per heavy atom. The second-order valence-electron chi connectivity index (χ2n) is 5.77. The standard InChI is InChI=1S/C19H22ClNO6S/c1-5-27-19(22)12-21(14-6-8-18(26-4)16(20)11-14)28(23,24)15-7-9-17(25-3)13(2)10-15/h6-11H,5,12H2,1-4H3. The summed E-state index contributed by atoms with van der Waals surface area (Å²) in [5, 5.41) is 0.218. The molecule has 0 aliphatic rings. The quantitative estimate of drug-likeness (QED) is 0.600. The highest BCUT2D eigenvalue weighted by Crippen LogP contribution is 2.32. The Morgan fingerprint density at radius 3 is 2.25 bits per heavy atom. The lowest BCUT2D eigenvalue weighted by Gasteiger charge is -2.24. The molecule has 0 saturated carbocycles. The highest BCUT2D eigenvalue weighted by Gasteiger charge is 2.29. The number of esters is 1. The minimum atomic E-state index is -4.07. The number of carbonyl (C=O) groups excluding carboxylic acids is 1. The number of sulfonamides is 1. The molecule has 2 rings (SSSR count). The van der Waals surface area contributed by atoms with Crippen LogP contribution in [0, 0.1) is 6.92 Å². The summed E-state index contributed by atoms with van der Waals surface area (Å²) in [5.74, 6) is 0.269. The third-order valence-electron chi connectivity index (χ3n) is 3.96. The summed E-state index contributed by atoms with van der Waals surface area (Å²) >= 11 is 6.15.